The first kappa shape index (κ1) is 17.3. The number of rotatable bonds is 2. The van der Waals surface area contributed by atoms with E-state index in [0.717, 1.165) is 26.1 Å². The van der Waals surface area contributed by atoms with Gasteiger partial charge in [0.2, 0.25) is 5.91 Å². The van der Waals surface area contributed by atoms with Crippen molar-refractivity contribution in [3.8, 4) is 0 Å². The molecule has 1 aromatic carbocycles. The van der Waals surface area contributed by atoms with Gasteiger partial charge in [0, 0.05) is 54.3 Å². The highest BCUT2D eigenvalue weighted by molar-refractivity contribution is 5.86. The molecule has 1 saturated heterocycles. The SMILES string of the molecule is CC1(C)CC2CC(C)(CN2CC(=O)N2CCc3[nH]c4ccccc4c3C2)C1. The second kappa shape index (κ2) is 5.84. The number of likely N-dealkylation sites (tertiary alicyclic amines) is 1. The normalized spacial score (nSPS) is 29.9. The van der Waals surface area contributed by atoms with Crippen LogP contribution in [0.5, 0.6) is 0 Å². The summed E-state index contributed by atoms with van der Waals surface area (Å²) in [5, 5.41) is 1.27. The highest BCUT2D eigenvalue weighted by Crippen LogP contribution is 2.52. The zero-order chi connectivity index (χ0) is 18.8. The third-order valence-electron chi connectivity index (χ3n) is 7.10. The van der Waals surface area contributed by atoms with Crippen molar-refractivity contribution in [2.75, 3.05) is 19.6 Å². The van der Waals surface area contributed by atoms with Gasteiger partial charge in [-0.25, -0.2) is 0 Å². The molecule has 2 bridgehead atoms. The number of amides is 1. The number of benzene rings is 1. The van der Waals surface area contributed by atoms with Crippen LogP contribution in [0, 0.1) is 10.8 Å². The Morgan fingerprint density at radius 1 is 1.22 bits per heavy atom. The molecule has 27 heavy (non-hydrogen) atoms. The van der Waals surface area contributed by atoms with Crippen molar-refractivity contribution in [3.63, 3.8) is 0 Å². The standard InChI is InChI=1S/C23H31N3O/c1-22(2)10-16-11-23(3,14-22)15-26(16)13-21(27)25-9-8-20-18(12-25)17-6-4-5-7-19(17)24-20/h4-7,16,24H,8-15H2,1-3H3. The molecule has 3 aliphatic rings. The van der Waals surface area contributed by atoms with Crippen LogP contribution in [0.25, 0.3) is 10.9 Å². The number of nitrogens with zero attached hydrogens (tertiary/aromatic N) is 2. The smallest absolute Gasteiger partial charge is 0.237 e. The van der Waals surface area contributed by atoms with Crippen LogP contribution in [0.1, 0.15) is 51.3 Å². The van der Waals surface area contributed by atoms with Gasteiger partial charge >= 0.3 is 0 Å². The van der Waals surface area contributed by atoms with E-state index in [1.807, 2.05) is 0 Å². The number of carbonyl (C=O) groups excluding carboxylic acids is 1. The van der Waals surface area contributed by atoms with Crippen LogP contribution in [-0.4, -0.2) is 46.4 Å². The molecule has 1 aromatic heterocycles. The predicted molar refractivity (Wildman–Crippen MR) is 109 cm³/mol. The third-order valence-corrected chi connectivity index (χ3v) is 7.10. The van der Waals surface area contributed by atoms with Gasteiger partial charge in [-0.1, -0.05) is 39.0 Å². The van der Waals surface area contributed by atoms with Crippen LogP contribution in [0.2, 0.25) is 0 Å². The summed E-state index contributed by atoms with van der Waals surface area (Å²) in [5.41, 5.74) is 4.61. The highest BCUT2D eigenvalue weighted by atomic mass is 16.2. The molecule has 144 valence electrons. The Labute approximate surface area is 161 Å². The number of aromatic nitrogens is 1. The largest absolute Gasteiger partial charge is 0.358 e. The van der Waals surface area contributed by atoms with Crippen LogP contribution < -0.4 is 0 Å². The Balaban J connectivity index is 1.31. The molecule has 1 saturated carbocycles. The van der Waals surface area contributed by atoms with Gasteiger partial charge < -0.3 is 9.88 Å². The van der Waals surface area contributed by atoms with E-state index in [9.17, 15) is 4.79 Å². The molecule has 0 spiro atoms. The zero-order valence-corrected chi connectivity index (χ0v) is 16.8. The molecule has 1 N–H and O–H groups in total. The van der Waals surface area contributed by atoms with E-state index in [4.69, 9.17) is 0 Å². The average molecular weight is 366 g/mol. The van der Waals surface area contributed by atoms with Gasteiger partial charge in [-0.3, -0.25) is 9.69 Å². The fourth-order valence-electron chi connectivity index (χ4n) is 6.41. The molecule has 2 aliphatic heterocycles. The predicted octanol–water partition coefficient (Wildman–Crippen LogP) is 3.95. The number of H-pyrrole nitrogens is 1. The van der Waals surface area contributed by atoms with E-state index in [2.05, 4.69) is 59.8 Å². The van der Waals surface area contributed by atoms with Gasteiger partial charge in [-0.05, 0) is 36.2 Å². The minimum Gasteiger partial charge on any atom is -0.358 e. The van der Waals surface area contributed by atoms with Gasteiger partial charge in [-0.15, -0.1) is 0 Å². The number of para-hydroxylation sites is 1. The second-order valence-corrected chi connectivity index (χ2v) is 10.3. The topological polar surface area (TPSA) is 39.3 Å². The van der Waals surface area contributed by atoms with Crippen LogP contribution in [0.15, 0.2) is 24.3 Å². The summed E-state index contributed by atoms with van der Waals surface area (Å²) >= 11 is 0. The highest BCUT2D eigenvalue weighted by Gasteiger charge is 2.49. The van der Waals surface area contributed by atoms with Crippen LogP contribution >= 0.6 is 0 Å². The summed E-state index contributed by atoms with van der Waals surface area (Å²) in [7, 11) is 0. The molecule has 2 fully saturated rings. The summed E-state index contributed by atoms with van der Waals surface area (Å²) in [6.07, 6.45) is 4.70. The van der Waals surface area contributed by atoms with Crippen LogP contribution in [-0.2, 0) is 17.8 Å². The van der Waals surface area contributed by atoms with Crippen molar-refractivity contribution in [2.45, 2.75) is 59.0 Å². The zero-order valence-electron chi connectivity index (χ0n) is 16.8. The Bertz CT molecular complexity index is 898. The van der Waals surface area contributed by atoms with Gasteiger partial charge in [0.1, 0.15) is 0 Å². The summed E-state index contributed by atoms with van der Waals surface area (Å²) in [5.74, 6) is 0.305. The lowest BCUT2D eigenvalue weighted by Crippen LogP contribution is -2.44. The average Bonchev–Trinajstić information content (AvgIpc) is 3.07. The molecule has 3 heterocycles. The number of fused-ring (bicyclic) bond motifs is 5. The first-order valence-corrected chi connectivity index (χ1v) is 10.4. The van der Waals surface area contributed by atoms with E-state index < -0.39 is 0 Å². The molecule has 2 unspecified atom stereocenters. The maximum absolute atomic E-state index is 13.2. The molecule has 0 radical (unpaired) electrons. The maximum Gasteiger partial charge on any atom is 0.237 e. The lowest BCUT2D eigenvalue weighted by atomic mass is 9.65. The van der Waals surface area contributed by atoms with Gasteiger partial charge in [0.15, 0.2) is 0 Å². The van der Waals surface area contributed by atoms with Gasteiger partial charge in [0.05, 0.1) is 6.54 Å². The molecule has 1 amide bonds. The fraction of sp³-hybridized carbons (Fsp3) is 0.609. The molecular weight excluding hydrogens is 334 g/mol. The lowest BCUT2D eigenvalue weighted by Gasteiger charge is -2.40. The molecule has 2 aromatic rings. The molecule has 1 aliphatic carbocycles. The number of hydrogen-bond donors (Lipinski definition) is 1. The minimum atomic E-state index is 0.305. The van der Waals surface area contributed by atoms with Gasteiger partial charge in [0.25, 0.3) is 0 Å². The number of hydrogen-bond acceptors (Lipinski definition) is 2. The lowest BCUT2D eigenvalue weighted by molar-refractivity contribution is -0.133. The second-order valence-electron chi connectivity index (χ2n) is 10.3. The quantitative estimate of drug-likeness (QED) is 0.875. The van der Waals surface area contributed by atoms with Crippen molar-refractivity contribution >= 4 is 16.8 Å². The number of aromatic amines is 1. The molecule has 4 heteroatoms. The molecular formula is C23H31N3O. The summed E-state index contributed by atoms with van der Waals surface area (Å²) in [6.45, 7) is 10.5. The maximum atomic E-state index is 13.2. The number of nitrogens with one attached hydrogen (secondary N) is 1. The fourth-order valence-corrected chi connectivity index (χ4v) is 6.41. The van der Waals surface area contributed by atoms with E-state index in [0.29, 0.717) is 29.3 Å². The van der Waals surface area contributed by atoms with Crippen molar-refractivity contribution in [3.05, 3.63) is 35.5 Å². The third kappa shape index (κ3) is 2.98. The Kier molecular flexibility index (Phi) is 3.74. The minimum absolute atomic E-state index is 0.305. The van der Waals surface area contributed by atoms with E-state index >= 15 is 0 Å². The molecule has 4 nitrogen and oxygen atoms in total. The summed E-state index contributed by atoms with van der Waals surface area (Å²) in [4.78, 5) is 21.3. The van der Waals surface area contributed by atoms with E-state index in [1.54, 1.807) is 0 Å². The molecule has 5 rings (SSSR count). The van der Waals surface area contributed by atoms with Crippen molar-refractivity contribution < 1.29 is 4.79 Å². The Morgan fingerprint density at radius 3 is 2.89 bits per heavy atom. The van der Waals surface area contributed by atoms with Crippen molar-refractivity contribution in [1.29, 1.82) is 0 Å². The first-order valence-electron chi connectivity index (χ1n) is 10.4. The Morgan fingerprint density at radius 2 is 2.04 bits per heavy atom. The summed E-state index contributed by atoms with van der Waals surface area (Å²) < 4.78 is 0. The molecule has 2 atom stereocenters. The number of carbonyl (C=O) groups is 1. The summed E-state index contributed by atoms with van der Waals surface area (Å²) in [6, 6.07) is 9.04. The van der Waals surface area contributed by atoms with E-state index in [-0.39, 0.29) is 0 Å². The van der Waals surface area contributed by atoms with Crippen molar-refractivity contribution in [1.82, 2.24) is 14.8 Å². The van der Waals surface area contributed by atoms with Gasteiger partial charge in [-0.2, -0.15) is 0 Å². The Hall–Kier alpha value is -1.81. The van der Waals surface area contributed by atoms with Crippen LogP contribution in [0.4, 0.5) is 0 Å². The van der Waals surface area contributed by atoms with E-state index in [1.165, 1.54) is 41.4 Å². The first-order chi connectivity index (χ1) is 12.8. The monoisotopic (exact) mass is 365 g/mol. The van der Waals surface area contributed by atoms with Crippen molar-refractivity contribution in [2.24, 2.45) is 10.8 Å². The van der Waals surface area contributed by atoms with Crippen LogP contribution in [0.3, 0.4) is 0 Å².